The molecular formula is C24H22N6O2S. The molecule has 33 heavy (non-hydrogen) atoms. The first-order valence-corrected chi connectivity index (χ1v) is 11.9. The molecule has 0 radical (unpaired) electrons. The Balaban J connectivity index is 1.28. The molecule has 6 rings (SSSR count). The van der Waals surface area contributed by atoms with Crippen molar-refractivity contribution in [2.45, 2.75) is 38.1 Å². The molecule has 2 aromatic carbocycles. The molecule has 3 heterocycles. The highest BCUT2D eigenvalue weighted by molar-refractivity contribution is 7.22. The number of amides is 1. The van der Waals surface area contributed by atoms with Crippen molar-refractivity contribution in [3.05, 3.63) is 48.5 Å². The minimum atomic E-state index is -0.527. The Labute approximate surface area is 193 Å². The van der Waals surface area contributed by atoms with E-state index in [1.54, 1.807) is 0 Å². The summed E-state index contributed by atoms with van der Waals surface area (Å²) in [5, 5.41) is 6.75. The van der Waals surface area contributed by atoms with Crippen molar-refractivity contribution in [1.82, 2.24) is 9.97 Å². The van der Waals surface area contributed by atoms with Gasteiger partial charge in [-0.15, -0.1) is 0 Å². The average molecular weight is 459 g/mol. The van der Waals surface area contributed by atoms with Crippen LogP contribution in [-0.2, 0) is 4.79 Å². The summed E-state index contributed by atoms with van der Waals surface area (Å²) in [6, 6.07) is 15.8. The molecule has 1 atom stereocenters. The third kappa shape index (κ3) is 3.58. The average Bonchev–Trinajstić information content (AvgIpc) is 3.51. The lowest BCUT2D eigenvalue weighted by Gasteiger charge is -2.36. The predicted molar refractivity (Wildman–Crippen MR) is 131 cm³/mol. The van der Waals surface area contributed by atoms with Crippen LogP contribution in [0.4, 0.5) is 11.1 Å². The largest absolute Gasteiger partial charge is 0.423 e. The SMILES string of the molecule is CC1=NC(Nc2nc3ccccc3o2)=NC2(CCCC2)C1C(=O)Nc1nc2ccccc2s1. The first kappa shape index (κ1) is 20.0. The smallest absolute Gasteiger partial charge is 0.302 e. The quantitative estimate of drug-likeness (QED) is 0.436. The summed E-state index contributed by atoms with van der Waals surface area (Å²) in [6.45, 7) is 1.89. The maximum absolute atomic E-state index is 13.5. The fourth-order valence-electron chi connectivity index (χ4n) is 4.92. The predicted octanol–water partition coefficient (Wildman–Crippen LogP) is 5.25. The summed E-state index contributed by atoms with van der Waals surface area (Å²) in [5.74, 6) is -0.118. The second kappa shape index (κ2) is 7.77. The van der Waals surface area contributed by atoms with Gasteiger partial charge in [-0.2, -0.15) is 4.98 Å². The van der Waals surface area contributed by atoms with E-state index >= 15 is 0 Å². The molecular weight excluding hydrogens is 436 g/mol. The number of nitrogens with one attached hydrogen (secondary N) is 2. The van der Waals surface area contributed by atoms with Gasteiger partial charge in [0.05, 0.1) is 15.8 Å². The van der Waals surface area contributed by atoms with E-state index in [1.807, 2.05) is 55.5 Å². The van der Waals surface area contributed by atoms with Crippen LogP contribution in [0.2, 0.25) is 0 Å². The lowest BCUT2D eigenvalue weighted by Crippen LogP contribution is -2.49. The zero-order valence-corrected chi connectivity index (χ0v) is 18.9. The summed E-state index contributed by atoms with van der Waals surface area (Å²) >= 11 is 1.47. The van der Waals surface area contributed by atoms with Crippen LogP contribution in [0.15, 0.2) is 62.9 Å². The van der Waals surface area contributed by atoms with E-state index in [0.717, 1.165) is 47.1 Å². The molecule has 166 valence electrons. The van der Waals surface area contributed by atoms with Crippen molar-refractivity contribution >= 4 is 61.4 Å². The van der Waals surface area contributed by atoms with Crippen LogP contribution in [-0.4, -0.2) is 33.1 Å². The van der Waals surface area contributed by atoms with E-state index in [4.69, 9.17) is 9.41 Å². The zero-order valence-electron chi connectivity index (χ0n) is 18.0. The number of aromatic nitrogens is 2. The van der Waals surface area contributed by atoms with E-state index < -0.39 is 11.5 Å². The number of rotatable bonds is 3. The number of fused-ring (bicyclic) bond motifs is 2. The Morgan fingerprint density at radius 3 is 2.61 bits per heavy atom. The van der Waals surface area contributed by atoms with Gasteiger partial charge < -0.3 is 9.73 Å². The number of carbonyl (C=O) groups is 1. The second-order valence-corrected chi connectivity index (χ2v) is 9.55. The molecule has 1 unspecified atom stereocenters. The van der Waals surface area contributed by atoms with Crippen molar-refractivity contribution in [3.63, 3.8) is 0 Å². The molecule has 9 heteroatoms. The monoisotopic (exact) mass is 458 g/mol. The second-order valence-electron chi connectivity index (χ2n) is 8.52. The van der Waals surface area contributed by atoms with Gasteiger partial charge in [-0.1, -0.05) is 48.4 Å². The van der Waals surface area contributed by atoms with Crippen LogP contribution in [0.5, 0.6) is 0 Å². The maximum Gasteiger partial charge on any atom is 0.302 e. The Hall–Kier alpha value is -3.59. The van der Waals surface area contributed by atoms with Gasteiger partial charge in [0.25, 0.3) is 0 Å². The molecule has 2 aliphatic rings. The molecule has 1 fully saturated rings. The summed E-state index contributed by atoms with van der Waals surface area (Å²) < 4.78 is 6.82. The van der Waals surface area contributed by atoms with Gasteiger partial charge in [-0.05, 0) is 44.0 Å². The van der Waals surface area contributed by atoms with Crippen molar-refractivity contribution < 1.29 is 9.21 Å². The van der Waals surface area contributed by atoms with Crippen molar-refractivity contribution in [2.75, 3.05) is 10.6 Å². The molecule has 2 aromatic heterocycles. The van der Waals surface area contributed by atoms with Crippen molar-refractivity contribution in [2.24, 2.45) is 15.9 Å². The van der Waals surface area contributed by atoms with Crippen LogP contribution >= 0.6 is 11.3 Å². The summed E-state index contributed by atoms with van der Waals surface area (Å²) in [4.78, 5) is 32.1. The maximum atomic E-state index is 13.5. The third-order valence-corrected chi connectivity index (χ3v) is 7.29. The number of guanidine groups is 1. The molecule has 1 aliphatic carbocycles. The van der Waals surface area contributed by atoms with Gasteiger partial charge >= 0.3 is 6.01 Å². The number of aliphatic imine (C=N–C) groups is 2. The fourth-order valence-corrected chi connectivity index (χ4v) is 5.79. The number of carbonyl (C=O) groups excluding carboxylic acids is 1. The standard InChI is InChI=1S/C24H22N6O2S/c1-14-19(20(31)28-23-27-16-9-3-5-11-18(16)33-23)24(12-6-7-13-24)30-21(25-14)29-22-26-15-8-2-4-10-17(15)32-22/h2-5,8-11,19H,6-7,12-13H2,1H3,(H,26,29,30)(H,27,28,31). The van der Waals surface area contributed by atoms with E-state index in [1.165, 1.54) is 11.3 Å². The molecule has 2 N–H and O–H groups in total. The Kier molecular flexibility index (Phi) is 4.72. The molecule has 1 saturated carbocycles. The molecule has 0 saturated heterocycles. The van der Waals surface area contributed by atoms with E-state index in [9.17, 15) is 4.79 Å². The van der Waals surface area contributed by atoms with Gasteiger partial charge in [0.2, 0.25) is 11.9 Å². The molecule has 1 spiro atoms. The normalized spacial score (nSPS) is 19.6. The van der Waals surface area contributed by atoms with Crippen LogP contribution in [0.25, 0.3) is 21.3 Å². The summed E-state index contributed by atoms with van der Waals surface area (Å²) in [7, 11) is 0. The lowest BCUT2D eigenvalue weighted by atomic mass is 9.78. The van der Waals surface area contributed by atoms with Gasteiger partial charge in [0, 0.05) is 5.71 Å². The van der Waals surface area contributed by atoms with Crippen molar-refractivity contribution in [1.29, 1.82) is 0 Å². The van der Waals surface area contributed by atoms with Crippen LogP contribution in [0.3, 0.4) is 0 Å². The van der Waals surface area contributed by atoms with Crippen LogP contribution < -0.4 is 10.6 Å². The number of thiazole rings is 1. The Morgan fingerprint density at radius 2 is 1.82 bits per heavy atom. The number of para-hydroxylation sites is 3. The highest BCUT2D eigenvalue weighted by atomic mass is 32.1. The highest BCUT2D eigenvalue weighted by Gasteiger charge is 2.49. The third-order valence-electron chi connectivity index (χ3n) is 6.33. The Morgan fingerprint density at radius 1 is 1.06 bits per heavy atom. The Bertz CT molecular complexity index is 1360. The van der Waals surface area contributed by atoms with Crippen molar-refractivity contribution in [3.8, 4) is 0 Å². The summed E-state index contributed by atoms with van der Waals surface area (Å²) in [6.07, 6.45) is 3.71. The number of oxazole rings is 1. The molecule has 4 aromatic rings. The van der Waals surface area contributed by atoms with Gasteiger partial charge in [0.15, 0.2) is 10.7 Å². The lowest BCUT2D eigenvalue weighted by molar-refractivity contribution is -0.119. The topological polar surface area (TPSA) is 105 Å². The van der Waals surface area contributed by atoms with Gasteiger partial charge in [-0.3, -0.25) is 10.1 Å². The highest BCUT2D eigenvalue weighted by Crippen LogP contribution is 2.43. The van der Waals surface area contributed by atoms with E-state index in [0.29, 0.717) is 22.7 Å². The first-order valence-electron chi connectivity index (χ1n) is 11.0. The number of hydrogen-bond donors (Lipinski definition) is 2. The minimum absolute atomic E-state index is 0.109. The number of nitrogens with zero attached hydrogens (tertiary/aromatic N) is 4. The molecule has 8 nitrogen and oxygen atoms in total. The molecule has 1 amide bonds. The van der Waals surface area contributed by atoms with Crippen LogP contribution in [0, 0.1) is 5.92 Å². The van der Waals surface area contributed by atoms with Gasteiger partial charge in [-0.25, -0.2) is 15.0 Å². The minimum Gasteiger partial charge on any atom is -0.423 e. The number of benzene rings is 2. The zero-order chi connectivity index (χ0) is 22.4. The first-order chi connectivity index (χ1) is 16.1. The number of anilines is 2. The molecule has 0 bridgehead atoms. The number of hydrogen-bond acceptors (Lipinski definition) is 8. The molecule has 1 aliphatic heterocycles. The fraction of sp³-hybridized carbons (Fsp3) is 0.292. The van der Waals surface area contributed by atoms with E-state index in [-0.39, 0.29) is 5.91 Å². The van der Waals surface area contributed by atoms with Gasteiger partial charge in [0.1, 0.15) is 11.4 Å². The van der Waals surface area contributed by atoms with Crippen LogP contribution in [0.1, 0.15) is 32.6 Å². The van der Waals surface area contributed by atoms with E-state index in [2.05, 4.69) is 25.6 Å². The summed E-state index contributed by atoms with van der Waals surface area (Å²) in [5.41, 5.74) is 2.54.